The highest BCUT2D eigenvalue weighted by molar-refractivity contribution is 8.26. The SMILES string of the molecule is C=CCc1ccccc1OCCOc1ccc(/C=C2\SC(=S)N(C)C2=O)cc1OCC. The van der Waals surface area contributed by atoms with E-state index >= 15 is 0 Å². The molecule has 1 fully saturated rings. The van der Waals surface area contributed by atoms with E-state index in [0.29, 0.717) is 40.5 Å². The lowest BCUT2D eigenvalue weighted by Crippen LogP contribution is -2.22. The molecule has 0 spiro atoms. The quantitative estimate of drug-likeness (QED) is 0.215. The Kier molecular flexibility index (Phi) is 8.14. The third-order valence-corrected chi connectivity index (χ3v) is 5.97. The summed E-state index contributed by atoms with van der Waals surface area (Å²) in [6, 6.07) is 13.5. The molecule has 2 aromatic carbocycles. The number of thiocarbonyl (C=S) groups is 1. The Bertz CT molecular complexity index is 1000. The number of thioether (sulfide) groups is 1. The zero-order valence-corrected chi connectivity index (χ0v) is 19.3. The molecular weight excluding hydrogens is 430 g/mol. The first-order valence-corrected chi connectivity index (χ1v) is 11.2. The molecule has 1 aliphatic rings. The van der Waals surface area contributed by atoms with Gasteiger partial charge in [-0.15, -0.1) is 6.58 Å². The molecule has 0 atom stereocenters. The summed E-state index contributed by atoms with van der Waals surface area (Å²) >= 11 is 6.48. The second-order valence-electron chi connectivity index (χ2n) is 6.68. The van der Waals surface area contributed by atoms with Crippen molar-refractivity contribution in [2.75, 3.05) is 26.9 Å². The van der Waals surface area contributed by atoms with Crippen LogP contribution in [0.5, 0.6) is 17.2 Å². The molecule has 162 valence electrons. The third-order valence-electron chi connectivity index (χ3n) is 4.49. The van der Waals surface area contributed by atoms with Gasteiger partial charge in [-0.2, -0.15) is 0 Å². The first-order chi connectivity index (χ1) is 15.0. The number of benzene rings is 2. The Balaban J connectivity index is 1.65. The van der Waals surface area contributed by atoms with Gasteiger partial charge in [-0.1, -0.05) is 54.3 Å². The Morgan fingerprint density at radius 1 is 1.06 bits per heavy atom. The fourth-order valence-electron chi connectivity index (χ4n) is 2.97. The first-order valence-electron chi connectivity index (χ1n) is 9.96. The third kappa shape index (κ3) is 5.89. The summed E-state index contributed by atoms with van der Waals surface area (Å²) in [4.78, 5) is 14.3. The largest absolute Gasteiger partial charge is 0.490 e. The van der Waals surface area contributed by atoms with Crippen LogP contribution in [0.15, 0.2) is 60.0 Å². The maximum absolute atomic E-state index is 12.2. The summed E-state index contributed by atoms with van der Waals surface area (Å²) < 4.78 is 18.1. The van der Waals surface area contributed by atoms with Crippen molar-refractivity contribution >= 4 is 40.3 Å². The predicted molar refractivity (Wildman–Crippen MR) is 130 cm³/mol. The highest BCUT2D eigenvalue weighted by Crippen LogP contribution is 2.34. The molecule has 2 aromatic rings. The van der Waals surface area contributed by atoms with Crippen LogP contribution in [0.3, 0.4) is 0 Å². The van der Waals surface area contributed by atoms with Crippen LogP contribution in [0.1, 0.15) is 18.1 Å². The van der Waals surface area contributed by atoms with Crippen molar-refractivity contribution in [3.05, 3.63) is 71.2 Å². The standard InChI is InChI=1S/C24H25NO4S2/c1-4-8-18-9-6-7-10-19(18)28-13-14-29-20-12-11-17(15-21(20)27-5-2)16-22-23(26)25(3)24(30)31-22/h4,6-7,9-12,15-16H,1,5,8,13-14H2,2-3H3/b22-16-. The van der Waals surface area contributed by atoms with E-state index in [2.05, 4.69) is 6.58 Å². The lowest BCUT2D eigenvalue weighted by molar-refractivity contribution is -0.121. The fourth-order valence-corrected chi connectivity index (χ4v) is 4.15. The van der Waals surface area contributed by atoms with Crippen LogP contribution >= 0.6 is 24.0 Å². The van der Waals surface area contributed by atoms with Crippen LogP contribution in [0.2, 0.25) is 0 Å². The molecule has 31 heavy (non-hydrogen) atoms. The van der Waals surface area contributed by atoms with E-state index in [-0.39, 0.29) is 5.91 Å². The molecule has 0 radical (unpaired) electrons. The van der Waals surface area contributed by atoms with Gasteiger partial charge in [-0.25, -0.2) is 0 Å². The van der Waals surface area contributed by atoms with Crippen molar-refractivity contribution in [2.24, 2.45) is 0 Å². The van der Waals surface area contributed by atoms with Gasteiger partial charge in [0.1, 0.15) is 23.3 Å². The summed E-state index contributed by atoms with van der Waals surface area (Å²) in [5.41, 5.74) is 1.94. The van der Waals surface area contributed by atoms with Crippen molar-refractivity contribution in [1.29, 1.82) is 0 Å². The average Bonchev–Trinajstić information content (AvgIpc) is 3.00. The maximum Gasteiger partial charge on any atom is 0.265 e. The first kappa shape index (κ1) is 22.9. The van der Waals surface area contributed by atoms with Gasteiger partial charge in [0.25, 0.3) is 5.91 Å². The smallest absolute Gasteiger partial charge is 0.265 e. The lowest BCUT2D eigenvalue weighted by atomic mass is 10.1. The Morgan fingerprint density at radius 3 is 2.48 bits per heavy atom. The molecule has 0 saturated carbocycles. The van der Waals surface area contributed by atoms with E-state index in [1.807, 2.05) is 61.5 Å². The van der Waals surface area contributed by atoms with Crippen molar-refractivity contribution < 1.29 is 19.0 Å². The van der Waals surface area contributed by atoms with Gasteiger partial charge >= 0.3 is 0 Å². The van der Waals surface area contributed by atoms with Gasteiger partial charge in [0.15, 0.2) is 11.5 Å². The summed E-state index contributed by atoms with van der Waals surface area (Å²) in [6.45, 7) is 6.98. The number of hydrogen-bond donors (Lipinski definition) is 0. The molecule has 1 heterocycles. The van der Waals surface area contributed by atoms with E-state index in [4.69, 9.17) is 26.4 Å². The minimum absolute atomic E-state index is 0.0952. The molecule has 0 aliphatic carbocycles. The molecule has 0 N–H and O–H groups in total. The van der Waals surface area contributed by atoms with E-state index in [1.165, 1.54) is 16.7 Å². The summed E-state index contributed by atoms with van der Waals surface area (Å²) in [6.07, 6.45) is 4.42. The van der Waals surface area contributed by atoms with E-state index in [1.54, 1.807) is 7.05 Å². The number of amides is 1. The van der Waals surface area contributed by atoms with Gasteiger partial charge < -0.3 is 14.2 Å². The number of carbonyl (C=O) groups excluding carboxylic acids is 1. The zero-order chi connectivity index (χ0) is 22.2. The summed E-state index contributed by atoms with van der Waals surface area (Å²) in [5, 5.41) is 0. The number of nitrogens with zero attached hydrogens (tertiary/aromatic N) is 1. The normalized spacial score (nSPS) is 14.8. The fraction of sp³-hybridized carbons (Fsp3) is 0.250. The van der Waals surface area contributed by atoms with Gasteiger partial charge in [-0.05, 0) is 48.7 Å². The Morgan fingerprint density at radius 2 is 1.81 bits per heavy atom. The van der Waals surface area contributed by atoms with Crippen LogP contribution in [0, 0.1) is 0 Å². The van der Waals surface area contributed by atoms with Crippen LogP contribution in [-0.4, -0.2) is 42.0 Å². The highest BCUT2D eigenvalue weighted by atomic mass is 32.2. The minimum Gasteiger partial charge on any atom is -0.490 e. The second kappa shape index (κ2) is 11.0. The molecular formula is C24H25NO4S2. The molecule has 1 saturated heterocycles. The second-order valence-corrected chi connectivity index (χ2v) is 8.35. The molecule has 1 amide bonds. The maximum atomic E-state index is 12.2. The van der Waals surface area contributed by atoms with E-state index in [9.17, 15) is 4.79 Å². The number of ether oxygens (including phenoxy) is 3. The number of allylic oxidation sites excluding steroid dienone is 1. The molecule has 3 rings (SSSR count). The Labute approximate surface area is 192 Å². The van der Waals surface area contributed by atoms with Gasteiger partial charge in [-0.3, -0.25) is 9.69 Å². The number of carbonyl (C=O) groups is 1. The lowest BCUT2D eigenvalue weighted by Gasteiger charge is -2.14. The van der Waals surface area contributed by atoms with E-state index in [0.717, 1.165) is 23.3 Å². The molecule has 5 nitrogen and oxygen atoms in total. The minimum atomic E-state index is -0.0952. The number of para-hydroxylation sites is 1. The van der Waals surface area contributed by atoms with Crippen LogP contribution < -0.4 is 14.2 Å². The molecule has 7 heteroatoms. The zero-order valence-electron chi connectivity index (χ0n) is 17.6. The van der Waals surface area contributed by atoms with Crippen LogP contribution in [0.4, 0.5) is 0 Å². The molecule has 0 bridgehead atoms. The van der Waals surface area contributed by atoms with Crippen LogP contribution in [0.25, 0.3) is 6.08 Å². The van der Waals surface area contributed by atoms with Crippen LogP contribution in [-0.2, 0) is 11.2 Å². The van der Waals surface area contributed by atoms with Crippen molar-refractivity contribution in [3.63, 3.8) is 0 Å². The number of hydrogen-bond acceptors (Lipinski definition) is 6. The topological polar surface area (TPSA) is 48.0 Å². The van der Waals surface area contributed by atoms with Gasteiger partial charge in [0, 0.05) is 7.05 Å². The van der Waals surface area contributed by atoms with Gasteiger partial charge in [0.05, 0.1) is 11.5 Å². The average molecular weight is 456 g/mol. The molecule has 0 unspecified atom stereocenters. The Hall–Kier alpha value is -2.77. The molecule has 1 aliphatic heterocycles. The number of likely N-dealkylation sites (N-methyl/N-ethyl adjacent to an activating group) is 1. The predicted octanol–water partition coefficient (Wildman–Crippen LogP) is 5.10. The molecule has 0 aromatic heterocycles. The van der Waals surface area contributed by atoms with Crippen molar-refractivity contribution in [1.82, 2.24) is 4.90 Å². The van der Waals surface area contributed by atoms with Crippen molar-refractivity contribution in [3.8, 4) is 17.2 Å². The summed E-state index contributed by atoms with van der Waals surface area (Å²) in [7, 11) is 1.68. The van der Waals surface area contributed by atoms with E-state index < -0.39 is 0 Å². The highest BCUT2D eigenvalue weighted by Gasteiger charge is 2.28. The van der Waals surface area contributed by atoms with Crippen molar-refractivity contribution in [2.45, 2.75) is 13.3 Å². The summed E-state index contributed by atoms with van der Waals surface area (Å²) in [5.74, 6) is 1.99. The monoisotopic (exact) mass is 455 g/mol. The van der Waals surface area contributed by atoms with Gasteiger partial charge in [0.2, 0.25) is 0 Å². The number of rotatable bonds is 10.